The molecule has 0 aliphatic rings. The maximum absolute atomic E-state index is 11.3. The lowest BCUT2D eigenvalue weighted by Crippen LogP contribution is -2.26. The largest absolute Gasteiger partial charge is 0.505 e. The first kappa shape index (κ1) is 10.3. The molecule has 1 rings (SSSR count). The van der Waals surface area contributed by atoms with Gasteiger partial charge in [0.25, 0.3) is 5.91 Å². The highest BCUT2D eigenvalue weighted by Gasteiger charge is 2.11. The van der Waals surface area contributed by atoms with Gasteiger partial charge in [-0.1, -0.05) is 6.07 Å². The minimum atomic E-state index is -0.455. The number of phenolic OH excluding ortho intramolecular Hbond substituents is 1. The average molecular weight is 196 g/mol. The van der Waals surface area contributed by atoms with E-state index in [1.807, 2.05) is 0 Å². The SMILES string of the molecule is Nc1cccc(C(=O)NCCO)c1O. The zero-order valence-electron chi connectivity index (χ0n) is 7.53. The third-order valence-corrected chi connectivity index (χ3v) is 1.71. The second-order valence-corrected chi connectivity index (χ2v) is 2.72. The molecule has 0 radical (unpaired) electrons. The number of aromatic hydroxyl groups is 1. The van der Waals surface area contributed by atoms with Crippen molar-refractivity contribution >= 4 is 11.6 Å². The van der Waals surface area contributed by atoms with Gasteiger partial charge in [0.2, 0.25) is 0 Å². The molecule has 0 spiro atoms. The Morgan fingerprint density at radius 1 is 1.50 bits per heavy atom. The predicted octanol–water partition coefficient (Wildman–Crippen LogP) is -0.304. The Hall–Kier alpha value is -1.75. The Morgan fingerprint density at radius 2 is 2.21 bits per heavy atom. The lowest BCUT2D eigenvalue weighted by molar-refractivity contribution is 0.0942. The lowest BCUT2D eigenvalue weighted by Gasteiger charge is -2.06. The number of carbonyl (C=O) groups excluding carboxylic acids is 1. The van der Waals surface area contributed by atoms with E-state index in [1.165, 1.54) is 12.1 Å². The van der Waals surface area contributed by atoms with Gasteiger partial charge < -0.3 is 21.3 Å². The van der Waals surface area contributed by atoms with E-state index in [0.29, 0.717) is 0 Å². The third-order valence-electron chi connectivity index (χ3n) is 1.71. The molecular weight excluding hydrogens is 184 g/mol. The van der Waals surface area contributed by atoms with Crippen molar-refractivity contribution in [3.05, 3.63) is 23.8 Å². The standard InChI is InChI=1S/C9H12N2O3/c10-7-3-1-2-6(8(7)13)9(14)11-4-5-12/h1-3,12-13H,4-5,10H2,(H,11,14). The zero-order valence-corrected chi connectivity index (χ0v) is 7.53. The second-order valence-electron chi connectivity index (χ2n) is 2.72. The van der Waals surface area contributed by atoms with Gasteiger partial charge in [0.05, 0.1) is 17.9 Å². The van der Waals surface area contributed by atoms with E-state index in [1.54, 1.807) is 6.07 Å². The van der Waals surface area contributed by atoms with Crippen molar-refractivity contribution in [2.24, 2.45) is 0 Å². The van der Waals surface area contributed by atoms with Gasteiger partial charge >= 0.3 is 0 Å². The number of para-hydroxylation sites is 1. The summed E-state index contributed by atoms with van der Waals surface area (Å²) in [6, 6.07) is 4.53. The Balaban J connectivity index is 2.84. The first-order valence-corrected chi connectivity index (χ1v) is 4.13. The van der Waals surface area contributed by atoms with Crippen molar-refractivity contribution in [1.82, 2.24) is 5.32 Å². The van der Waals surface area contributed by atoms with Gasteiger partial charge in [-0.2, -0.15) is 0 Å². The van der Waals surface area contributed by atoms with Crippen molar-refractivity contribution < 1.29 is 15.0 Å². The number of hydrogen-bond donors (Lipinski definition) is 4. The molecular formula is C9H12N2O3. The maximum Gasteiger partial charge on any atom is 0.255 e. The fraction of sp³-hybridized carbons (Fsp3) is 0.222. The van der Waals surface area contributed by atoms with Crippen LogP contribution in [0.1, 0.15) is 10.4 Å². The molecule has 0 saturated heterocycles. The third kappa shape index (κ3) is 2.14. The molecule has 5 N–H and O–H groups in total. The van der Waals surface area contributed by atoms with Crippen LogP contribution < -0.4 is 11.1 Å². The molecule has 5 nitrogen and oxygen atoms in total. The van der Waals surface area contributed by atoms with Gasteiger partial charge in [-0.25, -0.2) is 0 Å². The van der Waals surface area contributed by atoms with Gasteiger partial charge in [-0.05, 0) is 12.1 Å². The summed E-state index contributed by atoms with van der Waals surface area (Å²) in [4.78, 5) is 11.3. The first-order valence-electron chi connectivity index (χ1n) is 4.13. The summed E-state index contributed by atoms with van der Waals surface area (Å²) in [6.45, 7) is 0.00188. The van der Waals surface area contributed by atoms with E-state index in [4.69, 9.17) is 10.8 Å². The lowest BCUT2D eigenvalue weighted by atomic mass is 10.1. The molecule has 0 aliphatic heterocycles. The Labute approximate surface area is 81.2 Å². The van der Waals surface area contributed by atoms with Crippen LogP contribution in [0, 0.1) is 0 Å². The van der Waals surface area contributed by atoms with E-state index in [0.717, 1.165) is 0 Å². The number of hydrogen-bond acceptors (Lipinski definition) is 4. The highest BCUT2D eigenvalue weighted by Crippen LogP contribution is 2.23. The molecule has 0 saturated carbocycles. The Bertz CT molecular complexity index is 339. The number of nitrogens with two attached hydrogens (primary N) is 1. The minimum absolute atomic E-state index is 0.110. The predicted molar refractivity (Wildman–Crippen MR) is 51.9 cm³/mol. The molecule has 76 valence electrons. The normalized spacial score (nSPS) is 9.79. The van der Waals surface area contributed by atoms with Crippen LogP contribution in [0.2, 0.25) is 0 Å². The van der Waals surface area contributed by atoms with Gasteiger partial charge in [0.15, 0.2) is 5.75 Å². The zero-order chi connectivity index (χ0) is 10.6. The molecule has 0 unspecified atom stereocenters. The topological polar surface area (TPSA) is 95.6 Å². The number of anilines is 1. The van der Waals surface area contributed by atoms with Crippen molar-refractivity contribution in [2.75, 3.05) is 18.9 Å². The smallest absolute Gasteiger partial charge is 0.255 e. The molecule has 1 aromatic carbocycles. The summed E-state index contributed by atoms with van der Waals surface area (Å²) in [5, 5.41) is 20.3. The van der Waals surface area contributed by atoms with Crippen LogP contribution in [-0.4, -0.2) is 29.3 Å². The molecule has 0 fully saturated rings. The molecule has 1 amide bonds. The first-order chi connectivity index (χ1) is 6.66. The molecule has 5 heteroatoms. The summed E-state index contributed by atoms with van der Waals surface area (Å²) in [5.74, 6) is -0.688. The fourth-order valence-electron chi connectivity index (χ4n) is 1.01. The van der Waals surface area contributed by atoms with Crippen LogP contribution in [0.3, 0.4) is 0 Å². The van der Waals surface area contributed by atoms with E-state index in [-0.39, 0.29) is 30.2 Å². The van der Waals surface area contributed by atoms with Gasteiger partial charge in [-0.15, -0.1) is 0 Å². The number of amides is 1. The van der Waals surface area contributed by atoms with Crippen molar-refractivity contribution in [2.45, 2.75) is 0 Å². The summed E-state index contributed by atoms with van der Waals surface area (Å²) in [7, 11) is 0. The number of aliphatic hydroxyl groups excluding tert-OH is 1. The molecule has 0 bridgehead atoms. The van der Waals surface area contributed by atoms with E-state index < -0.39 is 5.91 Å². The number of aliphatic hydroxyl groups is 1. The molecule has 0 heterocycles. The highest BCUT2D eigenvalue weighted by atomic mass is 16.3. The number of benzene rings is 1. The van der Waals surface area contributed by atoms with Gasteiger partial charge in [0.1, 0.15) is 0 Å². The summed E-state index contributed by atoms with van der Waals surface area (Å²) in [5.41, 5.74) is 5.67. The van der Waals surface area contributed by atoms with Crippen molar-refractivity contribution in [3.8, 4) is 5.75 Å². The molecule has 1 aromatic rings. The van der Waals surface area contributed by atoms with Gasteiger partial charge in [-0.3, -0.25) is 4.79 Å². The summed E-state index contributed by atoms with van der Waals surface area (Å²) in [6.07, 6.45) is 0. The Kier molecular flexibility index (Phi) is 3.30. The second kappa shape index (κ2) is 4.48. The van der Waals surface area contributed by atoms with Crippen LogP contribution in [0.4, 0.5) is 5.69 Å². The van der Waals surface area contributed by atoms with Crippen LogP contribution in [0.15, 0.2) is 18.2 Å². The molecule has 0 aliphatic carbocycles. The van der Waals surface area contributed by atoms with Gasteiger partial charge in [0, 0.05) is 6.54 Å². The summed E-state index contributed by atoms with van der Waals surface area (Å²) < 4.78 is 0. The van der Waals surface area contributed by atoms with Crippen LogP contribution in [0.25, 0.3) is 0 Å². The fourth-order valence-corrected chi connectivity index (χ4v) is 1.01. The van der Waals surface area contributed by atoms with E-state index in [9.17, 15) is 9.90 Å². The minimum Gasteiger partial charge on any atom is -0.505 e. The average Bonchev–Trinajstić information content (AvgIpc) is 2.18. The number of nitrogens with one attached hydrogen (secondary N) is 1. The number of carbonyl (C=O) groups is 1. The number of rotatable bonds is 3. The quantitative estimate of drug-likeness (QED) is 0.394. The van der Waals surface area contributed by atoms with Crippen LogP contribution >= 0.6 is 0 Å². The van der Waals surface area contributed by atoms with E-state index >= 15 is 0 Å². The van der Waals surface area contributed by atoms with Crippen LogP contribution in [-0.2, 0) is 0 Å². The Morgan fingerprint density at radius 3 is 2.86 bits per heavy atom. The maximum atomic E-state index is 11.3. The number of phenols is 1. The monoisotopic (exact) mass is 196 g/mol. The highest BCUT2D eigenvalue weighted by molar-refractivity contribution is 5.98. The van der Waals surface area contributed by atoms with E-state index in [2.05, 4.69) is 5.32 Å². The summed E-state index contributed by atoms with van der Waals surface area (Å²) >= 11 is 0. The molecule has 0 atom stereocenters. The van der Waals surface area contributed by atoms with Crippen molar-refractivity contribution in [3.63, 3.8) is 0 Å². The molecule has 14 heavy (non-hydrogen) atoms. The molecule has 0 aromatic heterocycles. The van der Waals surface area contributed by atoms with Crippen LogP contribution in [0.5, 0.6) is 5.75 Å². The number of nitrogen functional groups attached to an aromatic ring is 1. The van der Waals surface area contributed by atoms with Crippen molar-refractivity contribution in [1.29, 1.82) is 0 Å².